The summed E-state index contributed by atoms with van der Waals surface area (Å²) >= 11 is 0. The Morgan fingerprint density at radius 1 is 1.13 bits per heavy atom. The van der Waals surface area contributed by atoms with E-state index < -0.39 is 15.8 Å². The number of carbonyl (C=O) groups is 1. The first-order valence-corrected chi connectivity index (χ1v) is 12.0. The van der Waals surface area contributed by atoms with Crippen molar-refractivity contribution in [2.24, 2.45) is 0 Å². The molecule has 8 heteroatoms. The molecule has 1 fully saturated rings. The highest BCUT2D eigenvalue weighted by Crippen LogP contribution is 2.25. The Hall–Kier alpha value is -2.61. The molecule has 1 aliphatic rings. The van der Waals surface area contributed by atoms with Crippen molar-refractivity contribution >= 4 is 27.3 Å². The van der Waals surface area contributed by atoms with Gasteiger partial charge in [0, 0.05) is 18.7 Å². The van der Waals surface area contributed by atoms with Crippen LogP contribution in [0.2, 0.25) is 0 Å². The van der Waals surface area contributed by atoms with Crippen LogP contribution in [0.25, 0.3) is 0 Å². The molecule has 6 nitrogen and oxygen atoms in total. The Labute approximate surface area is 177 Å². The normalized spacial score (nSPS) is 14.5. The minimum absolute atomic E-state index is 0.0152. The van der Waals surface area contributed by atoms with E-state index in [1.165, 1.54) is 31.0 Å². The number of ether oxygens (including phenoxy) is 1. The maximum atomic E-state index is 14.0. The van der Waals surface area contributed by atoms with Crippen molar-refractivity contribution in [2.45, 2.75) is 44.6 Å². The molecule has 0 heterocycles. The van der Waals surface area contributed by atoms with Crippen LogP contribution >= 0.6 is 0 Å². The average Bonchev–Trinajstić information content (AvgIpc) is 3.20. The fourth-order valence-electron chi connectivity index (χ4n) is 3.54. The molecule has 1 aliphatic carbocycles. The highest BCUT2D eigenvalue weighted by molar-refractivity contribution is 7.92. The van der Waals surface area contributed by atoms with Gasteiger partial charge in [0.15, 0.2) is 0 Å². The molecule has 30 heavy (non-hydrogen) atoms. The van der Waals surface area contributed by atoms with Crippen molar-refractivity contribution in [3.63, 3.8) is 0 Å². The van der Waals surface area contributed by atoms with Crippen molar-refractivity contribution in [1.82, 2.24) is 0 Å². The van der Waals surface area contributed by atoms with E-state index in [4.69, 9.17) is 4.74 Å². The van der Waals surface area contributed by atoms with Gasteiger partial charge in [-0.2, -0.15) is 0 Å². The van der Waals surface area contributed by atoms with E-state index in [-0.39, 0.29) is 37.1 Å². The largest absolute Gasteiger partial charge is 0.490 e. The average molecular weight is 435 g/mol. The van der Waals surface area contributed by atoms with Crippen LogP contribution in [0.5, 0.6) is 5.75 Å². The quantitative estimate of drug-likeness (QED) is 0.637. The third-order valence-corrected chi connectivity index (χ3v) is 6.21. The molecule has 2 aromatic rings. The van der Waals surface area contributed by atoms with Crippen molar-refractivity contribution in [1.29, 1.82) is 0 Å². The number of carbonyl (C=O) groups excluding carboxylic acids is 1. The second-order valence-electron chi connectivity index (χ2n) is 7.49. The van der Waals surface area contributed by atoms with Gasteiger partial charge in [-0.05, 0) is 68.5 Å². The molecule has 0 spiro atoms. The lowest BCUT2D eigenvalue weighted by molar-refractivity contribution is -0.116. The van der Waals surface area contributed by atoms with Gasteiger partial charge in [0.2, 0.25) is 15.9 Å². The Kier molecular flexibility index (Phi) is 7.31. The van der Waals surface area contributed by atoms with E-state index in [0.717, 1.165) is 29.2 Å². The first-order valence-electron chi connectivity index (χ1n) is 10.1. The van der Waals surface area contributed by atoms with Gasteiger partial charge < -0.3 is 10.1 Å². The fourth-order valence-corrected chi connectivity index (χ4v) is 4.51. The summed E-state index contributed by atoms with van der Waals surface area (Å²) in [4.78, 5) is 12.2. The minimum Gasteiger partial charge on any atom is -0.490 e. The zero-order chi connectivity index (χ0) is 21.6. The number of nitrogens with zero attached hydrogens (tertiary/aromatic N) is 1. The Balaban J connectivity index is 1.50. The molecule has 0 bridgehead atoms. The Morgan fingerprint density at radius 2 is 1.80 bits per heavy atom. The number of hydrogen-bond acceptors (Lipinski definition) is 4. The minimum atomic E-state index is -3.66. The molecule has 3 rings (SSSR count). The summed E-state index contributed by atoms with van der Waals surface area (Å²) < 4.78 is 45.0. The number of benzene rings is 2. The first-order chi connectivity index (χ1) is 14.3. The highest BCUT2D eigenvalue weighted by Gasteiger charge is 2.20. The van der Waals surface area contributed by atoms with Gasteiger partial charge in [-0.25, -0.2) is 12.8 Å². The van der Waals surface area contributed by atoms with E-state index in [0.29, 0.717) is 5.69 Å². The topological polar surface area (TPSA) is 75.7 Å². The Bertz CT molecular complexity index is 957. The monoisotopic (exact) mass is 434 g/mol. The molecule has 162 valence electrons. The van der Waals surface area contributed by atoms with Crippen LogP contribution in [0.3, 0.4) is 0 Å². The molecule has 0 radical (unpaired) electrons. The molecule has 1 saturated carbocycles. The number of halogens is 1. The van der Waals surface area contributed by atoms with Crippen LogP contribution in [-0.4, -0.2) is 33.2 Å². The second kappa shape index (κ2) is 9.93. The molecule has 0 saturated heterocycles. The summed E-state index contributed by atoms with van der Waals surface area (Å²) in [5, 5.41) is 2.79. The summed E-state index contributed by atoms with van der Waals surface area (Å²) in [6.07, 6.45) is 6.23. The molecule has 0 aromatic heterocycles. The van der Waals surface area contributed by atoms with Gasteiger partial charge >= 0.3 is 0 Å². The molecular formula is C22H27FN2O4S. The molecule has 1 amide bonds. The number of sulfonamides is 1. The van der Waals surface area contributed by atoms with Crippen molar-refractivity contribution in [2.75, 3.05) is 22.4 Å². The van der Waals surface area contributed by atoms with Gasteiger partial charge in [-0.15, -0.1) is 0 Å². The lowest BCUT2D eigenvalue weighted by Crippen LogP contribution is -2.32. The Morgan fingerprint density at radius 3 is 2.43 bits per heavy atom. The van der Waals surface area contributed by atoms with Crippen LogP contribution in [0.15, 0.2) is 48.5 Å². The molecule has 0 atom stereocenters. The lowest BCUT2D eigenvalue weighted by atomic mass is 10.2. The van der Waals surface area contributed by atoms with E-state index in [1.54, 1.807) is 18.2 Å². The van der Waals surface area contributed by atoms with Crippen LogP contribution in [0, 0.1) is 5.82 Å². The van der Waals surface area contributed by atoms with E-state index in [9.17, 15) is 17.6 Å². The summed E-state index contributed by atoms with van der Waals surface area (Å²) in [7, 11) is -3.66. The third kappa shape index (κ3) is 6.19. The van der Waals surface area contributed by atoms with Gasteiger partial charge in [0.25, 0.3) is 0 Å². The predicted molar refractivity (Wildman–Crippen MR) is 116 cm³/mol. The van der Waals surface area contributed by atoms with Gasteiger partial charge in [0.05, 0.1) is 18.0 Å². The summed E-state index contributed by atoms with van der Waals surface area (Å²) in [5.41, 5.74) is 0.631. The summed E-state index contributed by atoms with van der Waals surface area (Å²) in [5.74, 6) is -0.0673. The zero-order valence-electron chi connectivity index (χ0n) is 17.0. The predicted octanol–water partition coefficient (Wildman–Crippen LogP) is 4.33. The molecule has 1 N–H and O–H groups in total. The van der Waals surface area contributed by atoms with Crippen LogP contribution in [0.1, 0.15) is 38.5 Å². The van der Waals surface area contributed by atoms with E-state index in [1.807, 2.05) is 12.1 Å². The third-order valence-electron chi connectivity index (χ3n) is 5.03. The second-order valence-corrected chi connectivity index (χ2v) is 9.39. The SMILES string of the molecule is CS(=O)(=O)N(CCCC(=O)Nc1ccc(OC2CCCC2)cc1)c1ccccc1F. The molecule has 0 unspecified atom stereocenters. The number of amides is 1. The number of hydrogen-bond donors (Lipinski definition) is 1. The van der Waals surface area contributed by atoms with Crippen molar-refractivity contribution in [3.8, 4) is 5.75 Å². The van der Waals surface area contributed by atoms with Gasteiger partial charge in [-0.3, -0.25) is 9.10 Å². The van der Waals surface area contributed by atoms with Crippen molar-refractivity contribution < 1.29 is 22.3 Å². The summed E-state index contributed by atoms with van der Waals surface area (Å²) in [6, 6.07) is 12.9. The molecular weight excluding hydrogens is 407 g/mol. The van der Waals surface area contributed by atoms with Crippen molar-refractivity contribution in [3.05, 3.63) is 54.3 Å². The maximum Gasteiger partial charge on any atom is 0.232 e. The lowest BCUT2D eigenvalue weighted by Gasteiger charge is -2.22. The number of nitrogens with one attached hydrogen (secondary N) is 1. The molecule has 0 aliphatic heterocycles. The van der Waals surface area contributed by atoms with Crippen LogP contribution < -0.4 is 14.4 Å². The van der Waals surface area contributed by atoms with E-state index in [2.05, 4.69) is 5.32 Å². The standard InChI is InChI=1S/C22H27FN2O4S/c1-30(27,28)25(21-10-5-4-9-20(21)23)16-6-11-22(26)24-17-12-14-19(15-13-17)29-18-7-2-3-8-18/h4-5,9-10,12-15,18H,2-3,6-8,11,16H2,1H3,(H,24,26). The number of rotatable bonds is 9. The zero-order valence-corrected chi connectivity index (χ0v) is 17.8. The molecule has 2 aromatic carbocycles. The maximum absolute atomic E-state index is 14.0. The van der Waals surface area contributed by atoms with E-state index >= 15 is 0 Å². The van der Waals surface area contributed by atoms with Crippen LogP contribution in [0.4, 0.5) is 15.8 Å². The smallest absolute Gasteiger partial charge is 0.232 e. The highest BCUT2D eigenvalue weighted by atomic mass is 32.2. The summed E-state index contributed by atoms with van der Waals surface area (Å²) in [6.45, 7) is 0.0152. The van der Waals surface area contributed by atoms with Crippen LogP contribution in [-0.2, 0) is 14.8 Å². The van der Waals surface area contributed by atoms with Gasteiger partial charge in [0.1, 0.15) is 11.6 Å². The van der Waals surface area contributed by atoms with Gasteiger partial charge in [-0.1, -0.05) is 12.1 Å². The number of para-hydroxylation sites is 1. The first kappa shape index (κ1) is 22.1. The fraction of sp³-hybridized carbons (Fsp3) is 0.409. The number of anilines is 2.